The van der Waals surface area contributed by atoms with Crippen molar-refractivity contribution in [3.63, 3.8) is 0 Å². The third-order valence-electron chi connectivity index (χ3n) is 5.03. The van der Waals surface area contributed by atoms with Crippen molar-refractivity contribution in [1.29, 1.82) is 0 Å². The van der Waals surface area contributed by atoms with E-state index in [9.17, 15) is 0 Å². The minimum Gasteiger partial charge on any atom is -0.371 e. The maximum atomic E-state index is 6.29. The van der Waals surface area contributed by atoms with Gasteiger partial charge in [-0.2, -0.15) is 5.10 Å². The first-order valence-electron chi connectivity index (χ1n) is 8.94. The Balaban J connectivity index is 1.36. The fourth-order valence-electron chi connectivity index (χ4n) is 3.94. The van der Waals surface area contributed by atoms with Gasteiger partial charge in [0.15, 0.2) is 0 Å². The molecule has 1 spiro atoms. The van der Waals surface area contributed by atoms with Crippen molar-refractivity contribution < 1.29 is 4.74 Å². The van der Waals surface area contributed by atoms with E-state index >= 15 is 0 Å². The molecule has 2 saturated heterocycles. The molecular formula is C18H25N5OS. The predicted octanol–water partition coefficient (Wildman–Crippen LogP) is 2.79. The Hall–Kier alpha value is -1.57. The molecule has 0 aromatic carbocycles. The Morgan fingerprint density at radius 1 is 1.36 bits per heavy atom. The van der Waals surface area contributed by atoms with Gasteiger partial charge in [0.1, 0.15) is 5.82 Å². The molecule has 4 rings (SSSR count). The minimum atomic E-state index is -0.0287. The first kappa shape index (κ1) is 16.9. The fraction of sp³-hybridized carbons (Fsp3) is 0.611. The number of likely N-dealkylation sites (tertiary alicyclic amines) is 1. The lowest BCUT2D eigenvalue weighted by Crippen LogP contribution is -2.47. The average molecular weight is 359 g/mol. The number of nitrogens with zero attached hydrogens (tertiary/aromatic N) is 4. The van der Waals surface area contributed by atoms with E-state index in [-0.39, 0.29) is 5.60 Å². The molecule has 2 aromatic rings. The quantitative estimate of drug-likeness (QED) is 0.906. The number of piperidine rings is 1. The highest BCUT2D eigenvalue weighted by Crippen LogP contribution is 2.36. The van der Waals surface area contributed by atoms with Crippen molar-refractivity contribution in [2.45, 2.75) is 51.3 Å². The summed E-state index contributed by atoms with van der Waals surface area (Å²) in [5, 5.41) is 15.1. The minimum absolute atomic E-state index is 0.0287. The van der Waals surface area contributed by atoms with Crippen LogP contribution in [0.2, 0.25) is 0 Å². The first-order valence-corrected chi connectivity index (χ1v) is 9.82. The van der Waals surface area contributed by atoms with Crippen molar-refractivity contribution in [2.24, 2.45) is 0 Å². The van der Waals surface area contributed by atoms with Crippen molar-refractivity contribution in [3.05, 3.63) is 33.9 Å². The average Bonchev–Trinajstić information content (AvgIpc) is 3.16. The highest BCUT2D eigenvalue weighted by Gasteiger charge is 2.43. The zero-order chi connectivity index (χ0) is 17.3. The van der Waals surface area contributed by atoms with Gasteiger partial charge in [-0.15, -0.1) is 16.4 Å². The summed E-state index contributed by atoms with van der Waals surface area (Å²) < 4.78 is 6.29. The molecule has 2 atom stereocenters. The van der Waals surface area contributed by atoms with Gasteiger partial charge in [0.05, 0.1) is 34.6 Å². The number of aryl methyl sites for hydroxylation is 2. The summed E-state index contributed by atoms with van der Waals surface area (Å²) in [6.45, 7) is 7.79. The molecule has 0 bridgehead atoms. The number of ether oxygens (including phenoxy) is 1. The van der Waals surface area contributed by atoms with Gasteiger partial charge in [-0.25, -0.2) is 4.98 Å². The maximum Gasteiger partial charge on any atom is 0.148 e. The third kappa shape index (κ3) is 3.99. The zero-order valence-corrected chi connectivity index (χ0v) is 15.7. The van der Waals surface area contributed by atoms with E-state index < -0.39 is 0 Å². The summed E-state index contributed by atoms with van der Waals surface area (Å²) in [5.74, 6) is 0.835. The van der Waals surface area contributed by atoms with Crippen LogP contribution in [0, 0.1) is 13.8 Å². The number of rotatable bonds is 4. The second-order valence-electron chi connectivity index (χ2n) is 7.27. The number of hydrogen-bond acceptors (Lipinski definition) is 7. The molecule has 4 heterocycles. The van der Waals surface area contributed by atoms with Crippen molar-refractivity contribution >= 4 is 17.2 Å². The number of hydrogen-bond donors (Lipinski definition) is 1. The van der Waals surface area contributed by atoms with E-state index in [0.717, 1.165) is 55.6 Å². The van der Waals surface area contributed by atoms with Gasteiger partial charge >= 0.3 is 0 Å². The standard InChI is InChI=1S/C18H25N5OS/c1-13-4-5-17(22-21-13)20-15-8-18(24-10-15)6-3-7-23(12-18)9-16-11-25-14(2)19-16/h4-5,11,15H,3,6-10,12H2,1-2H3,(H,20,22)/t15-,18-/m0/s1. The van der Waals surface area contributed by atoms with Crippen LogP contribution in [0.15, 0.2) is 17.5 Å². The molecule has 2 aliphatic heterocycles. The molecule has 1 N–H and O–H groups in total. The lowest BCUT2D eigenvalue weighted by atomic mass is 9.88. The number of thiazole rings is 1. The van der Waals surface area contributed by atoms with Crippen LogP contribution in [-0.4, -0.2) is 51.4 Å². The van der Waals surface area contributed by atoms with Gasteiger partial charge in [-0.3, -0.25) is 4.90 Å². The Kier molecular flexibility index (Phi) is 4.71. The van der Waals surface area contributed by atoms with E-state index in [0.29, 0.717) is 6.04 Å². The molecule has 6 nitrogen and oxygen atoms in total. The molecule has 25 heavy (non-hydrogen) atoms. The van der Waals surface area contributed by atoms with Crippen LogP contribution in [0.5, 0.6) is 0 Å². The van der Waals surface area contributed by atoms with Crippen molar-refractivity contribution in [3.8, 4) is 0 Å². The van der Waals surface area contributed by atoms with Gasteiger partial charge in [0.2, 0.25) is 0 Å². The number of nitrogens with one attached hydrogen (secondary N) is 1. The summed E-state index contributed by atoms with van der Waals surface area (Å²) >= 11 is 1.73. The molecule has 0 radical (unpaired) electrons. The molecule has 7 heteroatoms. The SMILES string of the molecule is Cc1ccc(N[C@@H]2CO[C@@]3(CCCN(Cc4csc(C)n4)C3)C2)nn1. The Morgan fingerprint density at radius 3 is 3.04 bits per heavy atom. The van der Waals surface area contributed by atoms with Crippen LogP contribution in [0.4, 0.5) is 5.82 Å². The van der Waals surface area contributed by atoms with E-state index in [1.807, 2.05) is 19.1 Å². The molecular weight excluding hydrogens is 334 g/mol. The molecule has 2 fully saturated rings. The Bertz CT molecular complexity index is 719. The largest absolute Gasteiger partial charge is 0.371 e. The molecule has 134 valence electrons. The van der Waals surface area contributed by atoms with Crippen molar-refractivity contribution in [2.75, 3.05) is 25.0 Å². The van der Waals surface area contributed by atoms with Crippen LogP contribution in [0.25, 0.3) is 0 Å². The summed E-state index contributed by atoms with van der Waals surface area (Å²) in [5.41, 5.74) is 2.09. The third-order valence-corrected chi connectivity index (χ3v) is 5.85. The van der Waals surface area contributed by atoms with Gasteiger partial charge < -0.3 is 10.1 Å². The molecule has 2 aromatic heterocycles. The number of aromatic nitrogens is 3. The normalized spacial score (nSPS) is 27.0. The van der Waals surface area contributed by atoms with E-state index in [1.54, 1.807) is 11.3 Å². The number of anilines is 1. The predicted molar refractivity (Wildman–Crippen MR) is 98.8 cm³/mol. The highest BCUT2D eigenvalue weighted by molar-refractivity contribution is 7.09. The molecule has 0 aliphatic carbocycles. The topological polar surface area (TPSA) is 63.2 Å². The van der Waals surface area contributed by atoms with Crippen LogP contribution >= 0.6 is 11.3 Å². The van der Waals surface area contributed by atoms with E-state index in [4.69, 9.17) is 4.74 Å². The van der Waals surface area contributed by atoms with Crippen molar-refractivity contribution in [1.82, 2.24) is 20.1 Å². The highest BCUT2D eigenvalue weighted by atomic mass is 32.1. The first-order chi connectivity index (χ1) is 12.1. The fourth-order valence-corrected chi connectivity index (χ4v) is 4.55. The van der Waals surface area contributed by atoms with E-state index in [2.05, 4.69) is 37.7 Å². The van der Waals surface area contributed by atoms with Crippen LogP contribution in [-0.2, 0) is 11.3 Å². The second kappa shape index (κ2) is 6.97. The monoisotopic (exact) mass is 359 g/mol. The Morgan fingerprint density at radius 2 is 2.28 bits per heavy atom. The Labute approximate surface area is 152 Å². The summed E-state index contributed by atoms with van der Waals surface area (Å²) in [6, 6.07) is 4.28. The molecule has 0 unspecified atom stereocenters. The van der Waals surface area contributed by atoms with Gasteiger partial charge in [-0.05, 0) is 45.4 Å². The maximum absolute atomic E-state index is 6.29. The summed E-state index contributed by atoms with van der Waals surface area (Å²) in [7, 11) is 0. The van der Waals surface area contributed by atoms with Crippen LogP contribution < -0.4 is 5.32 Å². The summed E-state index contributed by atoms with van der Waals surface area (Å²) in [4.78, 5) is 7.10. The molecule has 0 saturated carbocycles. The second-order valence-corrected chi connectivity index (χ2v) is 8.33. The van der Waals surface area contributed by atoms with Crippen LogP contribution in [0.3, 0.4) is 0 Å². The smallest absolute Gasteiger partial charge is 0.148 e. The lowest BCUT2D eigenvalue weighted by Gasteiger charge is -2.39. The zero-order valence-electron chi connectivity index (χ0n) is 14.9. The summed E-state index contributed by atoms with van der Waals surface area (Å²) in [6.07, 6.45) is 3.34. The molecule has 2 aliphatic rings. The van der Waals surface area contributed by atoms with Gasteiger partial charge in [0.25, 0.3) is 0 Å². The van der Waals surface area contributed by atoms with Crippen LogP contribution in [0.1, 0.15) is 35.7 Å². The molecule has 0 amide bonds. The van der Waals surface area contributed by atoms with Gasteiger partial charge in [-0.1, -0.05) is 0 Å². The van der Waals surface area contributed by atoms with E-state index in [1.165, 1.54) is 12.1 Å². The lowest BCUT2D eigenvalue weighted by molar-refractivity contribution is -0.0535. The van der Waals surface area contributed by atoms with Gasteiger partial charge in [0, 0.05) is 24.9 Å².